The maximum absolute atomic E-state index is 5.94. The van der Waals surface area contributed by atoms with Crippen molar-refractivity contribution in [3.8, 4) is 0 Å². The van der Waals surface area contributed by atoms with E-state index in [1.807, 2.05) is 18.2 Å². The number of halogens is 3. The summed E-state index contributed by atoms with van der Waals surface area (Å²) in [4.78, 5) is 9.03. The van der Waals surface area contributed by atoms with E-state index in [2.05, 4.69) is 61.5 Å². The molecule has 0 aliphatic heterocycles. The molecule has 0 atom stereocenters. The average Bonchev–Trinajstić information content (AvgIpc) is 2.35. The lowest BCUT2D eigenvalue weighted by atomic mass is 10.3. The van der Waals surface area contributed by atoms with Gasteiger partial charge in [-0.1, -0.05) is 47.2 Å². The van der Waals surface area contributed by atoms with Crippen LogP contribution >= 0.6 is 43.5 Å². The van der Waals surface area contributed by atoms with Gasteiger partial charge in [-0.25, -0.2) is 4.98 Å². The highest BCUT2D eigenvalue weighted by Gasteiger charge is 2.21. The predicted molar refractivity (Wildman–Crippen MR) is 92.7 cm³/mol. The molecule has 2 rings (SSSR count). The number of fused-ring (bicyclic) bond motifs is 1. The molecule has 0 radical (unpaired) electrons. The van der Waals surface area contributed by atoms with Gasteiger partial charge in [0.1, 0.15) is 0 Å². The highest BCUT2D eigenvalue weighted by molar-refractivity contribution is 9.17. The normalized spacial score (nSPS) is 13.6. The molecule has 1 aromatic carbocycles. The molecule has 0 amide bonds. The smallest absolute Gasteiger partial charge is 0.0966 e. The van der Waals surface area contributed by atoms with Gasteiger partial charge in [0.15, 0.2) is 0 Å². The Hall–Kier alpha value is -0.233. The molecule has 6 heteroatoms. The molecule has 1 aromatic heterocycles. The first-order chi connectivity index (χ1) is 8.79. The van der Waals surface area contributed by atoms with Crippen molar-refractivity contribution in [1.82, 2.24) is 9.97 Å². The van der Waals surface area contributed by atoms with Gasteiger partial charge < -0.3 is 0 Å². The highest BCUT2D eigenvalue weighted by atomic mass is 79.9. The third-order valence-electron chi connectivity index (χ3n) is 2.58. The highest BCUT2D eigenvalue weighted by Crippen LogP contribution is 2.34. The predicted octanol–water partition coefficient (Wildman–Crippen LogP) is 5.62. The number of rotatable bonds is 2. The van der Waals surface area contributed by atoms with Crippen molar-refractivity contribution in [3.05, 3.63) is 39.2 Å². The summed E-state index contributed by atoms with van der Waals surface area (Å²) in [6.07, 6.45) is 1.77. The molecule has 0 aliphatic carbocycles. The van der Waals surface area contributed by atoms with Crippen molar-refractivity contribution in [3.63, 3.8) is 0 Å². The van der Waals surface area contributed by atoms with Crippen LogP contribution < -0.4 is 0 Å². The second-order valence-electron chi connectivity index (χ2n) is 5.27. The molecule has 0 N–H and O–H groups in total. The summed E-state index contributed by atoms with van der Waals surface area (Å²) < 4.78 is 2.18. The Kier molecular flexibility index (Phi) is 4.50. The van der Waals surface area contributed by atoms with Crippen LogP contribution in [0.25, 0.3) is 15.5 Å². The molecular weight excluding hydrogens is 408 g/mol. The van der Waals surface area contributed by atoms with Crippen molar-refractivity contribution in [2.45, 2.75) is 19.6 Å². The zero-order chi connectivity index (χ0) is 14.2. The second-order valence-corrected chi connectivity index (χ2v) is 13.0. The molecule has 0 bridgehead atoms. The van der Waals surface area contributed by atoms with Gasteiger partial charge in [-0.3, -0.25) is 4.98 Å². The second kappa shape index (κ2) is 5.64. The molecule has 1 heterocycles. The average molecular weight is 421 g/mol. The van der Waals surface area contributed by atoms with Crippen molar-refractivity contribution >= 4 is 67.1 Å². The Morgan fingerprint density at radius 1 is 1.16 bits per heavy atom. The van der Waals surface area contributed by atoms with Crippen LogP contribution in [-0.4, -0.2) is 18.0 Å². The first-order valence-corrected chi connectivity index (χ1v) is 11.2. The van der Waals surface area contributed by atoms with Crippen LogP contribution in [0.2, 0.25) is 24.7 Å². The maximum Gasteiger partial charge on any atom is 0.0966 e. The summed E-state index contributed by atoms with van der Waals surface area (Å²) in [5.74, 6) is 0. The Morgan fingerprint density at radius 3 is 2.47 bits per heavy atom. The maximum atomic E-state index is 5.94. The zero-order valence-corrected chi connectivity index (χ0v) is 15.8. The summed E-state index contributed by atoms with van der Waals surface area (Å²) in [7, 11) is -1.42. The van der Waals surface area contributed by atoms with Gasteiger partial charge in [0.25, 0.3) is 0 Å². The van der Waals surface area contributed by atoms with Crippen LogP contribution in [0.4, 0.5) is 0 Å². The summed E-state index contributed by atoms with van der Waals surface area (Å²) in [6.45, 7) is 6.81. The lowest BCUT2D eigenvalue weighted by Gasteiger charge is -2.17. The van der Waals surface area contributed by atoms with E-state index in [1.54, 1.807) is 6.20 Å². The van der Waals surface area contributed by atoms with Crippen molar-refractivity contribution < 1.29 is 0 Å². The molecule has 19 heavy (non-hydrogen) atoms. The third-order valence-corrected chi connectivity index (χ3v) is 10.0. The third kappa shape index (κ3) is 3.45. The molecule has 0 saturated carbocycles. The summed E-state index contributed by atoms with van der Waals surface area (Å²) >= 11 is 13.3. The van der Waals surface area contributed by atoms with Gasteiger partial charge in [0.05, 0.1) is 35.5 Å². The quantitative estimate of drug-likeness (QED) is 0.590. The van der Waals surface area contributed by atoms with Crippen molar-refractivity contribution in [1.29, 1.82) is 0 Å². The van der Waals surface area contributed by atoms with Crippen LogP contribution in [0.15, 0.2) is 28.5 Å². The van der Waals surface area contributed by atoms with E-state index in [1.165, 1.54) is 4.11 Å². The Balaban J connectivity index is 2.56. The molecule has 0 aliphatic rings. The Morgan fingerprint density at radius 2 is 1.84 bits per heavy atom. The monoisotopic (exact) mass is 418 g/mol. The van der Waals surface area contributed by atoms with E-state index >= 15 is 0 Å². The van der Waals surface area contributed by atoms with E-state index in [4.69, 9.17) is 11.6 Å². The minimum atomic E-state index is -1.42. The summed E-state index contributed by atoms with van der Waals surface area (Å²) in [6, 6.07) is 5.53. The van der Waals surface area contributed by atoms with Gasteiger partial charge >= 0.3 is 0 Å². The first-order valence-electron chi connectivity index (χ1n) is 5.77. The van der Waals surface area contributed by atoms with Crippen LogP contribution in [0, 0.1) is 0 Å². The number of aromatic nitrogens is 2. The van der Waals surface area contributed by atoms with Crippen LogP contribution in [0.5, 0.6) is 0 Å². The largest absolute Gasteiger partial charge is 0.252 e. The molecule has 0 unspecified atom stereocenters. The van der Waals surface area contributed by atoms with Gasteiger partial charge in [-0.2, -0.15) is 0 Å². The standard InChI is InChI=1S/C13H13Br2ClN2Si/c1-19(2,3)13(15)12(14)11-7-17-10-6-8(16)4-5-9(10)18-11/h4-7H,1-3H3/b13-12-. The van der Waals surface area contributed by atoms with Crippen molar-refractivity contribution in [2.75, 3.05) is 0 Å². The minimum Gasteiger partial charge on any atom is -0.252 e. The SMILES string of the molecule is C[Si](C)(C)/C(Br)=C(\Br)c1cnc2cc(Cl)ccc2n1. The molecule has 0 fully saturated rings. The molecule has 100 valence electrons. The van der Waals surface area contributed by atoms with Crippen LogP contribution in [0.3, 0.4) is 0 Å². The van der Waals surface area contributed by atoms with Gasteiger partial charge in [0.2, 0.25) is 0 Å². The van der Waals surface area contributed by atoms with Gasteiger partial charge in [-0.15, -0.1) is 0 Å². The van der Waals surface area contributed by atoms with Gasteiger partial charge in [0, 0.05) is 5.02 Å². The van der Waals surface area contributed by atoms with Crippen LogP contribution in [0.1, 0.15) is 5.69 Å². The molecule has 0 spiro atoms. The lowest BCUT2D eigenvalue weighted by molar-refractivity contribution is 1.26. The fraction of sp³-hybridized carbons (Fsp3) is 0.231. The van der Waals surface area contributed by atoms with Crippen molar-refractivity contribution in [2.24, 2.45) is 0 Å². The lowest BCUT2D eigenvalue weighted by Crippen LogP contribution is -2.21. The first kappa shape index (κ1) is 15.2. The van der Waals surface area contributed by atoms with Gasteiger partial charge in [-0.05, 0) is 38.2 Å². The molecule has 2 nitrogen and oxygen atoms in total. The molecular formula is C13H13Br2ClN2Si. The van der Waals surface area contributed by atoms with E-state index < -0.39 is 8.07 Å². The summed E-state index contributed by atoms with van der Waals surface area (Å²) in [5.41, 5.74) is 2.49. The zero-order valence-electron chi connectivity index (χ0n) is 10.8. The molecule has 0 saturated heterocycles. The fourth-order valence-electron chi connectivity index (χ4n) is 1.53. The number of benzene rings is 1. The van der Waals surface area contributed by atoms with E-state index in [-0.39, 0.29) is 0 Å². The van der Waals surface area contributed by atoms with E-state index in [0.29, 0.717) is 5.02 Å². The van der Waals surface area contributed by atoms with E-state index in [9.17, 15) is 0 Å². The fourth-order valence-corrected chi connectivity index (χ4v) is 4.66. The summed E-state index contributed by atoms with van der Waals surface area (Å²) in [5, 5.41) is 0.674. The topological polar surface area (TPSA) is 25.8 Å². The molecule has 2 aromatic rings. The number of hydrogen-bond acceptors (Lipinski definition) is 2. The van der Waals surface area contributed by atoms with Crippen LogP contribution in [-0.2, 0) is 0 Å². The van der Waals surface area contributed by atoms with E-state index in [0.717, 1.165) is 21.2 Å². The number of nitrogens with zero attached hydrogens (tertiary/aromatic N) is 2. The Labute approximate surface area is 135 Å². The Bertz CT molecular complexity index is 665. The minimum absolute atomic E-state index is 0.674. The number of hydrogen-bond donors (Lipinski definition) is 0.